The van der Waals surface area contributed by atoms with E-state index in [9.17, 15) is 0 Å². The maximum Gasteiger partial charge on any atom is 0.135 e. The molecule has 2 aromatic rings. The van der Waals surface area contributed by atoms with Crippen LogP contribution in [-0.2, 0) is 11.3 Å². The fourth-order valence-electron chi connectivity index (χ4n) is 1.48. The lowest BCUT2D eigenvalue weighted by Gasteiger charge is -2.10. The van der Waals surface area contributed by atoms with Gasteiger partial charge in [0.1, 0.15) is 11.9 Å². The van der Waals surface area contributed by atoms with Crippen LogP contribution >= 0.6 is 0 Å². The Morgan fingerprint density at radius 2 is 2.38 bits per heavy atom. The number of nitrogens with zero attached hydrogens (tertiary/aromatic N) is 1. The van der Waals surface area contributed by atoms with E-state index in [4.69, 9.17) is 10.5 Å². The van der Waals surface area contributed by atoms with Crippen molar-refractivity contribution in [1.29, 1.82) is 0 Å². The zero-order valence-corrected chi connectivity index (χ0v) is 9.18. The van der Waals surface area contributed by atoms with Gasteiger partial charge < -0.3 is 15.5 Å². The van der Waals surface area contributed by atoms with E-state index in [1.54, 1.807) is 12.4 Å². The predicted molar refractivity (Wildman–Crippen MR) is 62.6 cm³/mol. The van der Waals surface area contributed by atoms with Crippen molar-refractivity contribution >= 4 is 5.69 Å². The topological polar surface area (TPSA) is 63.9 Å². The van der Waals surface area contributed by atoms with E-state index < -0.39 is 0 Å². The highest BCUT2D eigenvalue weighted by molar-refractivity contribution is 5.40. The van der Waals surface area contributed by atoms with E-state index in [-0.39, 0.29) is 6.10 Å². The van der Waals surface area contributed by atoms with Gasteiger partial charge in [0, 0.05) is 18.1 Å². The Morgan fingerprint density at radius 3 is 3.06 bits per heavy atom. The van der Waals surface area contributed by atoms with Crippen LogP contribution in [0.1, 0.15) is 24.4 Å². The molecule has 2 rings (SSSR count). The third-order valence-electron chi connectivity index (χ3n) is 2.36. The molecule has 0 spiro atoms. The number of anilines is 1. The monoisotopic (exact) mass is 217 g/mol. The Bertz CT molecular complexity index is 439. The number of benzene rings is 1. The molecule has 1 aromatic heterocycles. The molecule has 1 atom stereocenters. The van der Waals surface area contributed by atoms with Gasteiger partial charge in [0.15, 0.2) is 0 Å². The smallest absolute Gasteiger partial charge is 0.135 e. The summed E-state index contributed by atoms with van der Waals surface area (Å²) in [6, 6.07) is 7.69. The summed E-state index contributed by atoms with van der Waals surface area (Å²) in [7, 11) is 0. The molecule has 0 saturated carbocycles. The summed E-state index contributed by atoms with van der Waals surface area (Å²) in [5.41, 5.74) is 7.51. The van der Waals surface area contributed by atoms with Crippen LogP contribution in [0.2, 0.25) is 0 Å². The van der Waals surface area contributed by atoms with Crippen molar-refractivity contribution in [2.75, 3.05) is 5.73 Å². The first-order valence-corrected chi connectivity index (χ1v) is 5.21. The molecule has 1 heterocycles. The number of hydrogen-bond acceptors (Lipinski definition) is 3. The number of aromatic amines is 1. The average Bonchev–Trinajstić information content (AvgIpc) is 2.79. The zero-order chi connectivity index (χ0) is 11.4. The summed E-state index contributed by atoms with van der Waals surface area (Å²) < 4.78 is 5.68. The maximum atomic E-state index is 5.69. The fraction of sp³-hybridized carbons (Fsp3) is 0.250. The van der Waals surface area contributed by atoms with E-state index in [2.05, 4.69) is 9.97 Å². The van der Waals surface area contributed by atoms with Gasteiger partial charge in [-0.1, -0.05) is 12.1 Å². The van der Waals surface area contributed by atoms with Crippen molar-refractivity contribution in [3.8, 4) is 0 Å². The largest absolute Gasteiger partial charge is 0.399 e. The number of H-pyrrole nitrogens is 1. The van der Waals surface area contributed by atoms with Crippen LogP contribution in [0.25, 0.3) is 0 Å². The van der Waals surface area contributed by atoms with Gasteiger partial charge in [-0.25, -0.2) is 4.98 Å². The number of nitrogens with two attached hydrogens (primary N) is 1. The average molecular weight is 217 g/mol. The summed E-state index contributed by atoms with van der Waals surface area (Å²) in [6.07, 6.45) is 3.46. The summed E-state index contributed by atoms with van der Waals surface area (Å²) in [5, 5.41) is 0. The number of nitrogens with one attached hydrogen (secondary N) is 1. The Balaban J connectivity index is 1.92. The summed E-state index contributed by atoms with van der Waals surface area (Å²) in [6.45, 7) is 2.50. The first-order chi connectivity index (χ1) is 7.75. The van der Waals surface area contributed by atoms with Crippen molar-refractivity contribution in [2.24, 2.45) is 0 Å². The van der Waals surface area contributed by atoms with Crippen LogP contribution in [-0.4, -0.2) is 9.97 Å². The molecule has 0 fully saturated rings. The number of ether oxygens (including phenoxy) is 1. The number of nitrogen functional groups attached to an aromatic ring is 1. The minimum atomic E-state index is -0.0450. The molecule has 0 aliphatic rings. The molecule has 1 unspecified atom stereocenters. The molecule has 0 bridgehead atoms. The Hall–Kier alpha value is -1.81. The molecule has 1 aromatic carbocycles. The van der Waals surface area contributed by atoms with Gasteiger partial charge in [-0.05, 0) is 24.6 Å². The molecule has 0 aliphatic carbocycles. The normalized spacial score (nSPS) is 12.6. The van der Waals surface area contributed by atoms with E-state index in [0.717, 1.165) is 17.1 Å². The van der Waals surface area contributed by atoms with Crippen molar-refractivity contribution in [3.05, 3.63) is 48.0 Å². The number of aromatic nitrogens is 2. The van der Waals surface area contributed by atoms with Crippen LogP contribution in [0.3, 0.4) is 0 Å². The molecule has 0 aliphatic heterocycles. The van der Waals surface area contributed by atoms with Gasteiger partial charge in [0.05, 0.1) is 6.61 Å². The first-order valence-electron chi connectivity index (χ1n) is 5.21. The molecular formula is C12H15N3O. The summed E-state index contributed by atoms with van der Waals surface area (Å²) >= 11 is 0. The minimum absolute atomic E-state index is 0.0450. The van der Waals surface area contributed by atoms with Gasteiger partial charge >= 0.3 is 0 Å². The molecule has 84 valence electrons. The van der Waals surface area contributed by atoms with Crippen molar-refractivity contribution in [2.45, 2.75) is 19.6 Å². The summed E-state index contributed by atoms with van der Waals surface area (Å²) in [5.74, 6) is 0.837. The highest BCUT2D eigenvalue weighted by atomic mass is 16.5. The highest BCUT2D eigenvalue weighted by Gasteiger charge is 2.07. The van der Waals surface area contributed by atoms with Gasteiger partial charge in [-0.3, -0.25) is 0 Å². The van der Waals surface area contributed by atoms with E-state index in [1.807, 2.05) is 31.2 Å². The predicted octanol–water partition coefficient (Wildman–Crippen LogP) is 2.27. The van der Waals surface area contributed by atoms with E-state index >= 15 is 0 Å². The second-order valence-electron chi connectivity index (χ2n) is 3.67. The van der Waals surface area contributed by atoms with Crippen LogP contribution in [0.5, 0.6) is 0 Å². The third-order valence-corrected chi connectivity index (χ3v) is 2.36. The van der Waals surface area contributed by atoms with Crippen LogP contribution < -0.4 is 5.73 Å². The Morgan fingerprint density at radius 1 is 1.50 bits per heavy atom. The van der Waals surface area contributed by atoms with Crippen LogP contribution in [0.15, 0.2) is 36.7 Å². The Kier molecular flexibility index (Phi) is 3.22. The third kappa shape index (κ3) is 2.61. The molecule has 4 heteroatoms. The number of hydrogen-bond donors (Lipinski definition) is 2. The molecule has 0 amide bonds. The standard InChI is InChI=1S/C12H15N3O/c1-9(12-14-5-6-15-12)16-8-10-3-2-4-11(13)7-10/h2-7,9H,8,13H2,1H3,(H,14,15). The minimum Gasteiger partial charge on any atom is -0.399 e. The van der Waals surface area contributed by atoms with Crippen molar-refractivity contribution < 1.29 is 4.74 Å². The highest BCUT2D eigenvalue weighted by Crippen LogP contribution is 2.15. The summed E-state index contributed by atoms with van der Waals surface area (Å²) in [4.78, 5) is 7.16. The number of imidazole rings is 1. The van der Waals surface area contributed by atoms with Crippen molar-refractivity contribution in [1.82, 2.24) is 9.97 Å². The maximum absolute atomic E-state index is 5.69. The number of rotatable bonds is 4. The lowest BCUT2D eigenvalue weighted by atomic mass is 10.2. The molecule has 3 N–H and O–H groups in total. The van der Waals surface area contributed by atoms with E-state index in [1.165, 1.54) is 0 Å². The quantitative estimate of drug-likeness (QED) is 0.772. The van der Waals surface area contributed by atoms with Gasteiger partial charge in [0.25, 0.3) is 0 Å². The molecule has 16 heavy (non-hydrogen) atoms. The second kappa shape index (κ2) is 4.81. The molecule has 0 radical (unpaired) electrons. The lowest BCUT2D eigenvalue weighted by molar-refractivity contribution is 0.0473. The van der Waals surface area contributed by atoms with Gasteiger partial charge in [0.2, 0.25) is 0 Å². The Labute approximate surface area is 94.5 Å². The molecular weight excluding hydrogens is 202 g/mol. The van der Waals surface area contributed by atoms with Gasteiger partial charge in [-0.2, -0.15) is 0 Å². The second-order valence-corrected chi connectivity index (χ2v) is 3.67. The zero-order valence-electron chi connectivity index (χ0n) is 9.18. The molecule has 0 saturated heterocycles. The van der Waals surface area contributed by atoms with Crippen LogP contribution in [0, 0.1) is 0 Å². The fourth-order valence-corrected chi connectivity index (χ4v) is 1.48. The van der Waals surface area contributed by atoms with Crippen LogP contribution in [0.4, 0.5) is 5.69 Å². The molecule has 4 nitrogen and oxygen atoms in total. The SMILES string of the molecule is CC(OCc1cccc(N)c1)c1ncc[nH]1. The van der Waals surface area contributed by atoms with Crippen molar-refractivity contribution in [3.63, 3.8) is 0 Å². The van der Waals surface area contributed by atoms with E-state index in [0.29, 0.717) is 6.61 Å². The van der Waals surface area contributed by atoms with Gasteiger partial charge in [-0.15, -0.1) is 0 Å². The first kappa shape index (κ1) is 10.7. The lowest BCUT2D eigenvalue weighted by Crippen LogP contribution is -2.02.